The minimum Gasteiger partial charge on any atom is -0.465 e. The van der Waals surface area contributed by atoms with Crippen molar-refractivity contribution < 1.29 is 27.5 Å². The van der Waals surface area contributed by atoms with E-state index in [-0.39, 0.29) is 13.1 Å². The van der Waals surface area contributed by atoms with Crippen LogP contribution in [0.5, 0.6) is 0 Å². The van der Waals surface area contributed by atoms with Crippen LogP contribution < -0.4 is 0 Å². The average molecular weight is 263 g/mol. The average Bonchev–Trinajstić information content (AvgIpc) is 2.12. The van der Waals surface area contributed by atoms with Crippen LogP contribution in [0.3, 0.4) is 0 Å². The second-order valence-corrected chi connectivity index (χ2v) is 4.13. The summed E-state index contributed by atoms with van der Waals surface area (Å²) in [5, 5.41) is 8.54. The molecule has 0 radical (unpaired) electrons. The van der Waals surface area contributed by atoms with Crippen molar-refractivity contribution in [2.75, 3.05) is 13.1 Å². The molecule has 0 atom stereocenters. The van der Waals surface area contributed by atoms with Gasteiger partial charge < -0.3 is 10.0 Å². The van der Waals surface area contributed by atoms with E-state index in [4.69, 9.17) is 5.11 Å². The maximum atomic E-state index is 13.8. The molecule has 1 aromatic rings. The summed E-state index contributed by atoms with van der Waals surface area (Å²) in [5.41, 5.74) is -0.904. The van der Waals surface area contributed by atoms with E-state index in [0.717, 1.165) is 11.0 Å². The van der Waals surface area contributed by atoms with E-state index in [0.29, 0.717) is 12.1 Å². The standard InChI is InChI=1S/C11H9F4NO2/c12-7-1-2-8(9(13)3-7)11(14,15)6-4-16(5-6)10(17)18/h1-3,6H,4-5H2,(H,17,18). The number of carbonyl (C=O) groups is 1. The van der Waals surface area contributed by atoms with E-state index < -0.39 is 35.1 Å². The summed E-state index contributed by atoms with van der Waals surface area (Å²) in [6.45, 7) is -0.724. The van der Waals surface area contributed by atoms with Crippen LogP contribution in [0, 0.1) is 17.6 Å². The fourth-order valence-corrected chi connectivity index (χ4v) is 1.84. The third kappa shape index (κ3) is 2.00. The van der Waals surface area contributed by atoms with E-state index in [1.807, 2.05) is 0 Å². The molecule has 0 aliphatic carbocycles. The lowest BCUT2D eigenvalue weighted by atomic mass is 9.88. The topological polar surface area (TPSA) is 40.5 Å². The highest BCUT2D eigenvalue weighted by Gasteiger charge is 2.50. The number of hydrogen-bond acceptors (Lipinski definition) is 1. The number of halogens is 4. The van der Waals surface area contributed by atoms with Crippen LogP contribution >= 0.6 is 0 Å². The molecule has 18 heavy (non-hydrogen) atoms. The lowest BCUT2D eigenvalue weighted by molar-refractivity contribution is -0.118. The summed E-state index contributed by atoms with van der Waals surface area (Å²) in [5.74, 6) is -7.06. The molecular formula is C11H9F4NO2. The molecule has 2 rings (SSSR count). The fourth-order valence-electron chi connectivity index (χ4n) is 1.84. The molecule has 1 fully saturated rings. The van der Waals surface area contributed by atoms with Crippen molar-refractivity contribution in [2.45, 2.75) is 5.92 Å². The maximum absolute atomic E-state index is 13.8. The van der Waals surface area contributed by atoms with Gasteiger partial charge in [0.05, 0.1) is 11.5 Å². The second-order valence-electron chi connectivity index (χ2n) is 4.13. The molecule has 0 bridgehead atoms. The lowest BCUT2D eigenvalue weighted by Crippen LogP contribution is -2.55. The van der Waals surface area contributed by atoms with Crippen LogP contribution in [0.25, 0.3) is 0 Å². The Bertz CT molecular complexity index is 486. The summed E-state index contributed by atoms with van der Waals surface area (Å²) in [7, 11) is 0. The predicted molar refractivity (Wildman–Crippen MR) is 53.3 cm³/mol. The van der Waals surface area contributed by atoms with Crippen molar-refractivity contribution in [3.05, 3.63) is 35.4 Å². The molecular weight excluding hydrogens is 254 g/mol. The minimum atomic E-state index is -3.51. The number of rotatable bonds is 2. The number of benzene rings is 1. The maximum Gasteiger partial charge on any atom is 0.407 e. The fraction of sp³-hybridized carbons (Fsp3) is 0.364. The van der Waals surface area contributed by atoms with Gasteiger partial charge in [0.25, 0.3) is 5.92 Å². The Morgan fingerprint density at radius 3 is 2.44 bits per heavy atom. The smallest absolute Gasteiger partial charge is 0.407 e. The Morgan fingerprint density at radius 2 is 1.94 bits per heavy atom. The van der Waals surface area contributed by atoms with Gasteiger partial charge in [-0.2, -0.15) is 0 Å². The molecule has 0 spiro atoms. The van der Waals surface area contributed by atoms with Crippen LogP contribution in [0.1, 0.15) is 5.56 Å². The first-order chi connectivity index (χ1) is 8.32. The van der Waals surface area contributed by atoms with Crippen molar-refractivity contribution in [1.29, 1.82) is 0 Å². The van der Waals surface area contributed by atoms with Gasteiger partial charge >= 0.3 is 6.09 Å². The summed E-state index contributed by atoms with van der Waals surface area (Å²) >= 11 is 0. The third-order valence-corrected chi connectivity index (χ3v) is 2.96. The minimum absolute atomic E-state index is 0.362. The first kappa shape index (κ1) is 12.7. The molecule has 3 nitrogen and oxygen atoms in total. The molecule has 0 saturated carbocycles. The largest absolute Gasteiger partial charge is 0.465 e. The van der Waals surface area contributed by atoms with E-state index in [1.54, 1.807) is 0 Å². The Balaban J connectivity index is 2.19. The predicted octanol–water partition coefficient (Wildman–Crippen LogP) is 2.67. The zero-order valence-corrected chi connectivity index (χ0v) is 9.04. The van der Waals surface area contributed by atoms with Gasteiger partial charge in [0.15, 0.2) is 0 Å². The highest BCUT2D eigenvalue weighted by atomic mass is 19.3. The van der Waals surface area contributed by atoms with Crippen molar-refractivity contribution >= 4 is 6.09 Å². The SMILES string of the molecule is O=C(O)N1CC(C(F)(F)c2ccc(F)cc2F)C1. The zero-order chi connectivity index (χ0) is 13.5. The van der Waals surface area contributed by atoms with E-state index >= 15 is 0 Å². The first-order valence-corrected chi connectivity index (χ1v) is 5.13. The number of likely N-dealkylation sites (tertiary alicyclic amines) is 1. The van der Waals surface area contributed by atoms with Gasteiger partial charge in [-0.05, 0) is 12.1 Å². The Labute approximate surface area is 99.6 Å². The molecule has 1 heterocycles. The van der Waals surface area contributed by atoms with E-state index in [9.17, 15) is 22.4 Å². The first-order valence-electron chi connectivity index (χ1n) is 5.13. The molecule has 0 unspecified atom stereocenters. The van der Waals surface area contributed by atoms with E-state index in [2.05, 4.69) is 0 Å². The van der Waals surface area contributed by atoms with Crippen molar-refractivity contribution in [3.8, 4) is 0 Å². The number of carboxylic acid groups (broad SMARTS) is 1. The molecule has 1 N–H and O–H groups in total. The van der Waals surface area contributed by atoms with Crippen LogP contribution in [-0.4, -0.2) is 29.2 Å². The normalized spacial score (nSPS) is 16.6. The number of amides is 1. The zero-order valence-electron chi connectivity index (χ0n) is 9.04. The van der Waals surface area contributed by atoms with Gasteiger partial charge in [0.2, 0.25) is 0 Å². The van der Waals surface area contributed by atoms with Crippen LogP contribution in [0.4, 0.5) is 22.4 Å². The molecule has 7 heteroatoms. The van der Waals surface area contributed by atoms with E-state index in [1.165, 1.54) is 0 Å². The summed E-state index contributed by atoms with van der Waals surface area (Å²) in [4.78, 5) is 11.3. The number of alkyl halides is 2. The van der Waals surface area contributed by atoms with Gasteiger partial charge in [-0.1, -0.05) is 0 Å². The Kier molecular flexibility index (Phi) is 2.92. The summed E-state index contributed by atoms with van der Waals surface area (Å²) < 4.78 is 53.6. The monoisotopic (exact) mass is 263 g/mol. The Hall–Kier alpha value is -1.79. The summed E-state index contributed by atoms with van der Waals surface area (Å²) in [6.07, 6.45) is -1.29. The van der Waals surface area contributed by atoms with Gasteiger partial charge in [0, 0.05) is 19.2 Å². The third-order valence-electron chi connectivity index (χ3n) is 2.96. The molecule has 1 aromatic carbocycles. The van der Waals surface area contributed by atoms with Crippen LogP contribution in [0.15, 0.2) is 18.2 Å². The van der Waals surface area contributed by atoms with Gasteiger partial charge in [-0.25, -0.2) is 22.4 Å². The molecule has 1 aliphatic rings. The van der Waals surface area contributed by atoms with Crippen molar-refractivity contribution in [2.24, 2.45) is 5.92 Å². The van der Waals surface area contributed by atoms with Crippen LogP contribution in [-0.2, 0) is 5.92 Å². The summed E-state index contributed by atoms with van der Waals surface area (Å²) in [6, 6.07) is 1.82. The molecule has 1 amide bonds. The molecule has 0 aromatic heterocycles. The number of hydrogen-bond donors (Lipinski definition) is 1. The molecule has 98 valence electrons. The van der Waals surface area contributed by atoms with Crippen molar-refractivity contribution in [1.82, 2.24) is 4.90 Å². The highest BCUT2D eigenvalue weighted by molar-refractivity contribution is 5.66. The second kappa shape index (κ2) is 4.15. The van der Waals surface area contributed by atoms with Crippen LogP contribution in [0.2, 0.25) is 0 Å². The molecule has 1 saturated heterocycles. The quantitative estimate of drug-likeness (QED) is 0.833. The van der Waals surface area contributed by atoms with Gasteiger partial charge in [0.1, 0.15) is 11.6 Å². The highest BCUT2D eigenvalue weighted by Crippen LogP contribution is 2.41. The number of nitrogens with zero attached hydrogens (tertiary/aromatic N) is 1. The van der Waals surface area contributed by atoms with Gasteiger partial charge in [-0.15, -0.1) is 0 Å². The Morgan fingerprint density at radius 1 is 1.33 bits per heavy atom. The molecule has 1 aliphatic heterocycles. The van der Waals surface area contributed by atoms with Crippen molar-refractivity contribution in [3.63, 3.8) is 0 Å². The lowest BCUT2D eigenvalue weighted by Gasteiger charge is -2.41. The van der Waals surface area contributed by atoms with Gasteiger partial charge in [-0.3, -0.25) is 0 Å².